The van der Waals surface area contributed by atoms with Gasteiger partial charge in [-0.1, -0.05) is 12.1 Å². The summed E-state index contributed by atoms with van der Waals surface area (Å²) in [5.41, 5.74) is 1.40. The number of thiocarbonyl (C=S) groups is 1. The average Bonchev–Trinajstić information content (AvgIpc) is 2.67. The number of amides is 1. The van der Waals surface area contributed by atoms with Gasteiger partial charge in [-0.05, 0) is 60.3 Å². The van der Waals surface area contributed by atoms with Gasteiger partial charge in [-0.15, -0.1) is 0 Å². The van der Waals surface area contributed by atoms with Gasteiger partial charge in [0.1, 0.15) is 5.75 Å². The molecule has 0 aliphatic rings. The van der Waals surface area contributed by atoms with Crippen LogP contribution in [0.1, 0.15) is 5.56 Å². The summed E-state index contributed by atoms with van der Waals surface area (Å²) in [5.74, 6) is 0.344. The molecule has 2 aromatic rings. The van der Waals surface area contributed by atoms with Crippen LogP contribution in [0.15, 0.2) is 59.5 Å². The highest BCUT2D eigenvalue weighted by atomic mass is 32.2. The van der Waals surface area contributed by atoms with E-state index in [1.54, 1.807) is 37.5 Å². The molecule has 0 saturated heterocycles. The van der Waals surface area contributed by atoms with Gasteiger partial charge in [-0.3, -0.25) is 10.1 Å². The van der Waals surface area contributed by atoms with E-state index >= 15 is 0 Å². The Morgan fingerprint density at radius 1 is 1.07 bits per heavy atom. The normalized spacial score (nSPS) is 11.4. The summed E-state index contributed by atoms with van der Waals surface area (Å²) in [5, 5.41) is 5.47. The Bertz CT molecular complexity index is 967. The van der Waals surface area contributed by atoms with Crippen molar-refractivity contribution in [2.45, 2.75) is 4.90 Å². The van der Waals surface area contributed by atoms with Crippen molar-refractivity contribution in [2.24, 2.45) is 0 Å². The van der Waals surface area contributed by atoms with E-state index < -0.39 is 10.0 Å². The van der Waals surface area contributed by atoms with Crippen LogP contribution in [0, 0.1) is 0 Å². The highest BCUT2D eigenvalue weighted by molar-refractivity contribution is 7.89. The first-order valence-corrected chi connectivity index (χ1v) is 10.0. The van der Waals surface area contributed by atoms with Crippen LogP contribution in [0.2, 0.25) is 0 Å². The summed E-state index contributed by atoms with van der Waals surface area (Å²) in [4.78, 5) is 12.1. The molecule has 0 bridgehead atoms. The molecule has 0 radical (unpaired) electrons. The first-order valence-electron chi connectivity index (χ1n) is 8.19. The Morgan fingerprint density at radius 2 is 1.68 bits per heavy atom. The molecule has 0 aliphatic heterocycles. The average molecular weight is 420 g/mol. The molecule has 0 aliphatic carbocycles. The third-order valence-corrected chi connectivity index (χ3v) is 5.70. The van der Waals surface area contributed by atoms with Crippen molar-refractivity contribution < 1.29 is 17.9 Å². The van der Waals surface area contributed by atoms with Crippen molar-refractivity contribution in [2.75, 3.05) is 26.5 Å². The minimum Gasteiger partial charge on any atom is -0.497 e. The molecule has 0 heterocycles. The van der Waals surface area contributed by atoms with E-state index in [1.165, 1.54) is 32.3 Å². The van der Waals surface area contributed by atoms with Crippen LogP contribution in [-0.2, 0) is 14.8 Å². The maximum Gasteiger partial charge on any atom is 0.250 e. The van der Waals surface area contributed by atoms with Gasteiger partial charge in [-0.2, -0.15) is 0 Å². The number of nitrogens with one attached hydrogen (secondary N) is 2. The number of nitrogens with zero attached hydrogens (tertiary/aromatic N) is 1. The van der Waals surface area contributed by atoms with Crippen molar-refractivity contribution in [3.63, 3.8) is 0 Å². The molecule has 0 saturated carbocycles. The molecular formula is C19H21N3O4S2. The van der Waals surface area contributed by atoms with Crippen LogP contribution in [-0.4, -0.2) is 44.9 Å². The topological polar surface area (TPSA) is 87.7 Å². The fourth-order valence-corrected chi connectivity index (χ4v) is 3.24. The van der Waals surface area contributed by atoms with E-state index in [0.717, 1.165) is 15.6 Å². The van der Waals surface area contributed by atoms with Crippen molar-refractivity contribution in [1.82, 2.24) is 9.62 Å². The Hall–Kier alpha value is -2.75. The second kappa shape index (κ2) is 9.45. The van der Waals surface area contributed by atoms with Crippen LogP contribution >= 0.6 is 12.2 Å². The van der Waals surface area contributed by atoms with E-state index in [4.69, 9.17) is 17.0 Å². The van der Waals surface area contributed by atoms with E-state index in [-0.39, 0.29) is 15.9 Å². The Labute approximate surface area is 170 Å². The zero-order valence-electron chi connectivity index (χ0n) is 15.7. The summed E-state index contributed by atoms with van der Waals surface area (Å²) in [6.45, 7) is 0. The van der Waals surface area contributed by atoms with Gasteiger partial charge >= 0.3 is 0 Å². The number of carbonyl (C=O) groups excluding carboxylic acids is 1. The Kier molecular flexibility index (Phi) is 7.27. The molecule has 0 fully saturated rings. The molecule has 0 spiro atoms. The first kappa shape index (κ1) is 21.5. The van der Waals surface area contributed by atoms with Crippen LogP contribution < -0.4 is 15.4 Å². The van der Waals surface area contributed by atoms with Crippen LogP contribution in [0.5, 0.6) is 5.75 Å². The van der Waals surface area contributed by atoms with Crippen molar-refractivity contribution >= 4 is 45.0 Å². The number of anilines is 1. The Morgan fingerprint density at radius 3 is 2.21 bits per heavy atom. The molecule has 0 atom stereocenters. The monoisotopic (exact) mass is 419 g/mol. The molecule has 7 nitrogen and oxygen atoms in total. The predicted octanol–water partition coefficient (Wildman–Crippen LogP) is 2.47. The molecule has 148 valence electrons. The maximum atomic E-state index is 12.0. The van der Waals surface area contributed by atoms with Gasteiger partial charge < -0.3 is 10.1 Å². The largest absolute Gasteiger partial charge is 0.497 e. The number of hydrogen-bond donors (Lipinski definition) is 2. The van der Waals surface area contributed by atoms with Crippen LogP contribution in [0.4, 0.5) is 5.69 Å². The molecule has 9 heteroatoms. The molecule has 2 N–H and O–H groups in total. The number of carbonyl (C=O) groups is 1. The summed E-state index contributed by atoms with van der Waals surface area (Å²) < 4.78 is 30.3. The van der Waals surface area contributed by atoms with Crippen molar-refractivity contribution in [1.29, 1.82) is 0 Å². The summed E-state index contributed by atoms with van der Waals surface area (Å²) in [6.07, 6.45) is 3.01. The van der Waals surface area contributed by atoms with Gasteiger partial charge in [0.15, 0.2) is 5.11 Å². The lowest BCUT2D eigenvalue weighted by Gasteiger charge is -2.12. The summed E-state index contributed by atoms with van der Waals surface area (Å²) >= 11 is 5.10. The lowest BCUT2D eigenvalue weighted by Crippen LogP contribution is -2.32. The third kappa shape index (κ3) is 5.88. The third-order valence-electron chi connectivity index (χ3n) is 3.67. The van der Waals surface area contributed by atoms with E-state index in [9.17, 15) is 13.2 Å². The molecule has 2 aromatic carbocycles. The van der Waals surface area contributed by atoms with E-state index in [1.807, 2.05) is 12.1 Å². The minimum absolute atomic E-state index is 0.104. The van der Waals surface area contributed by atoms with Gasteiger partial charge in [-0.25, -0.2) is 12.7 Å². The lowest BCUT2D eigenvalue weighted by atomic mass is 10.2. The zero-order valence-corrected chi connectivity index (χ0v) is 17.3. The SMILES string of the molecule is COc1ccc(/C=C/C(=O)NC(=S)Nc2ccc(S(=O)(=O)N(C)C)cc2)cc1. The fraction of sp³-hybridized carbons (Fsp3) is 0.158. The summed E-state index contributed by atoms with van der Waals surface area (Å²) in [7, 11) is 1.02. The van der Waals surface area contributed by atoms with Crippen LogP contribution in [0.25, 0.3) is 6.08 Å². The van der Waals surface area contributed by atoms with Crippen molar-refractivity contribution in [3.8, 4) is 5.75 Å². The maximum absolute atomic E-state index is 12.0. The standard InChI is InChI=1S/C19H21N3O4S2/c1-22(2)28(24,25)17-11-7-15(8-12-17)20-19(27)21-18(23)13-6-14-4-9-16(26-3)10-5-14/h4-13H,1-3H3,(H2,20,21,23,27)/b13-6+. The smallest absolute Gasteiger partial charge is 0.250 e. The van der Waals surface area contributed by atoms with Gasteiger partial charge in [0.25, 0.3) is 0 Å². The van der Waals surface area contributed by atoms with Gasteiger partial charge in [0, 0.05) is 25.9 Å². The number of rotatable bonds is 6. The highest BCUT2D eigenvalue weighted by Gasteiger charge is 2.16. The lowest BCUT2D eigenvalue weighted by molar-refractivity contribution is -0.115. The molecule has 28 heavy (non-hydrogen) atoms. The molecule has 1 amide bonds. The van der Waals surface area contributed by atoms with Gasteiger partial charge in [0.2, 0.25) is 15.9 Å². The molecular weight excluding hydrogens is 398 g/mol. The Balaban J connectivity index is 1.92. The summed E-state index contributed by atoms with van der Waals surface area (Å²) in [6, 6.07) is 13.3. The fourth-order valence-electron chi connectivity index (χ4n) is 2.12. The van der Waals surface area contributed by atoms with Gasteiger partial charge in [0.05, 0.1) is 12.0 Å². The highest BCUT2D eigenvalue weighted by Crippen LogP contribution is 2.16. The number of ether oxygens (including phenoxy) is 1. The zero-order chi connectivity index (χ0) is 20.7. The quantitative estimate of drug-likeness (QED) is 0.553. The number of methoxy groups -OCH3 is 1. The second-order valence-corrected chi connectivity index (χ2v) is 8.42. The molecule has 0 aromatic heterocycles. The molecule has 2 rings (SSSR count). The molecule has 0 unspecified atom stereocenters. The predicted molar refractivity (Wildman–Crippen MR) is 114 cm³/mol. The van der Waals surface area contributed by atoms with E-state index in [0.29, 0.717) is 5.69 Å². The number of benzene rings is 2. The van der Waals surface area contributed by atoms with Crippen molar-refractivity contribution in [3.05, 3.63) is 60.2 Å². The second-order valence-electron chi connectivity index (χ2n) is 5.86. The first-order chi connectivity index (χ1) is 13.2. The minimum atomic E-state index is -3.49. The van der Waals surface area contributed by atoms with E-state index in [2.05, 4.69) is 10.6 Å². The number of hydrogen-bond acceptors (Lipinski definition) is 5. The van der Waals surface area contributed by atoms with Crippen LogP contribution in [0.3, 0.4) is 0 Å². The number of sulfonamides is 1.